The lowest BCUT2D eigenvalue weighted by Gasteiger charge is -2.17. The van der Waals surface area contributed by atoms with E-state index in [1.54, 1.807) is 11.1 Å². The molecule has 1 N–H and O–H groups in total. The van der Waals surface area contributed by atoms with E-state index >= 15 is 0 Å². The van der Waals surface area contributed by atoms with Crippen LogP contribution in [0.4, 0.5) is 11.5 Å². The van der Waals surface area contributed by atoms with Gasteiger partial charge in [0.15, 0.2) is 5.82 Å². The van der Waals surface area contributed by atoms with Gasteiger partial charge in [-0.2, -0.15) is 0 Å². The van der Waals surface area contributed by atoms with Crippen molar-refractivity contribution < 1.29 is 4.79 Å². The molecular weight excluding hydrogens is 166 g/mol. The molecule has 1 aromatic heterocycles. The van der Waals surface area contributed by atoms with Crippen molar-refractivity contribution in [2.24, 2.45) is 0 Å². The molecule has 0 atom stereocenters. The Morgan fingerprint density at radius 2 is 2.46 bits per heavy atom. The second-order valence-electron chi connectivity index (χ2n) is 2.67. The minimum absolute atomic E-state index is 0.353. The van der Waals surface area contributed by atoms with E-state index in [0.29, 0.717) is 6.54 Å². The third-order valence-corrected chi connectivity index (χ3v) is 1.77. The van der Waals surface area contributed by atoms with Crippen LogP contribution in [-0.4, -0.2) is 31.9 Å². The second kappa shape index (κ2) is 4.45. The van der Waals surface area contributed by atoms with Crippen LogP contribution >= 0.6 is 0 Å². The van der Waals surface area contributed by atoms with E-state index in [0.717, 1.165) is 17.8 Å². The lowest BCUT2D eigenvalue weighted by molar-refractivity contribution is -0.106. The number of aldehydes is 1. The maximum Gasteiger partial charge on any atom is 0.152 e. The molecule has 1 rings (SSSR count). The Hall–Kier alpha value is -1.58. The summed E-state index contributed by atoms with van der Waals surface area (Å²) in [5, 5.41) is 3.01. The Kier molecular flexibility index (Phi) is 3.25. The fourth-order valence-electron chi connectivity index (χ4n) is 1.09. The standard InChI is InChI=1S/C9H13N3O/c1-10-8-4-3-5-11-9(8)12(2)6-7-13/h3-5,7,10H,6H2,1-2H3. The number of hydrogen-bond donors (Lipinski definition) is 1. The van der Waals surface area contributed by atoms with E-state index in [1.807, 2.05) is 26.2 Å². The highest BCUT2D eigenvalue weighted by Crippen LogP contribution is 2.19. The summed E-state index contributed by atoms with van der Waals surface area (Å²) in [5.74, 6) is 0.789. The van der Waals surface area contributed by atoms with Crippen molar-refractivity contribution in [3.63, 3.8) is 0 Å². The predicted octanol–water partition coefficient (Wildman–Crippen LogP) is 0.758. The van der Waals surface area contributed by atoms with E-state index < -0.39 is 0 Å². The molecule has 4 nitrogen and oxygen atoms in total. The molecule has 4 heteroatoms. The van der Waals surface area contributed by atoms with Crippen molar-refractivity contribution in [2.45, 2.75) is 0 Å². The number of likely N-dealkylation sites (N-methyl/N-ethyl adjacent to an activating group) is 1. The first kappa shape index (κ1) is 9.51. The van der Waals surface area contributed by atoms with Crippen LogP contribution in [0.3, 0.4) is 0 Å². The zero-order chi connectivity index (χ0) is 9.68. The fraction of sp³-hybridized carbons (Fsp3) is 0.333. The largest absolute Gasteiger partial charge is 0.385 e. The topological polar surface area (TPSA) is 45.2 Å². The van der Waals surface area contributed by atoms with Gasteiger partial charge in [-0.25, -0.2) is 4.98 Å². The quantitative estimate of drug-likeness (QED) is 0.693. The molecule has 0 radical (unpaired) electrons. The summed E-state index contributed by atoms with van der Waals surface area (Å²) in [6.07, 6.45) is 2.56. The Morgan fingerprint density at radius 1 is 1.69 bits per heavy atom. The maximum absolute atomic E-state index is 10.3. The predicted molar refractivity (Wildman–Crippen MR) is 53.1 cm³/mol. The summed E-state index contributed by atoms with van der Waals surface area (Å²) in [5.41, 5.74) is 0.923. The van der Waals surface area contributed by atoms with Crippen molar-refractivity contribution in [1.29, 1.82) is 0 Å². The molecule has 0 bridgehead atoms. The normalized spacial score (nSPS) is 9.38. The first-order valence-corrected chi connectivity index (χ1v) is 4.07. The first-order valence-electron chi connectivity index (χ1n) is 4.07. The summed E-state index contributed by atoms with van der Waals surface area (Å²) < 4.78 is 0. The van der Waals surface area contributed by atoms with Gasteiger partial charge in [-0.3, -0.25) is 0 Å². The van der Waals surface area contributed by atoms with Gasteiger partial charge in [-0.15, -0.1) is 0 Å². The number of rotatable bonds is 4. The third-order valence-electron chi connectivity index (χ3n) is 1.77. The van der Waals surface area contributed by atoms with Gasteiger partial charge in [-0.05, 0) is 12.1 Å². The SMILES string of the molecule is CNc1cccnc1N(C)CC=O. The van der Waals surface area contributed by atoms with Crippen molar-refractivity contribution in [2.75, 3.05) is 30.9 Å². The number of pyridine rings is 1. The Balaban J connectivity index is 2.91. The van der Waals surface area contributed by atoms with Gasteiger partial charge in [0.1, 0.15) is 6.29 Å². The maximum atomic E-state index is 10.3. The van der Waals surface area contributed by atoms with Crippen LogP contribution in [0.5, 0.6) is 0 Å². The molecule has 0 saturated heterocycles. The monoisotopic (exact) mass is 179 g/mol. The first-order chi connectivity index (χ1) is 6.29. The number of aromatic nitrogens is 1. The number of anilines is 2. The third kappa shape index (κ3) is 2.18. The van der Waals surface area contributed by atoms with Gasteiger partial charge in [0.05, 0.1) is 12.2 Å². The number of carbonyl (C=O) groups excluding carboxylic acids is 1. The molecular formula is C9H13N3O. The summed E-state index contributed by atoms with van der Waals surface area (Å²) >= 11 is 0. The van der Waals surface area contributed by atoms with Gasteiger partial charge < -0.3 is 15.0 Å². The molecule has 0 amide bonds. The molecule has 0 spiro atoms. The molecule has 70 valence electrons. The highest BCUT2D eigenvalue weighted by molar-refractivity contribution is 5.68. The Bertz CT molecular complexity index is 288. The Morgan fingerprint density at radius 3 is 3.08 bits per heavy atom. The van der Waals surface area contributed by atoms with Gasteiger partial charge in [0, 0.05) is 20.3 Å². The van der Waals surface area contributed by atoms with Crippen LogP contribution in [0.2, 0.25) is 0 Å². The number of nitrogens with one attached hydrogen (secondary N) is 1. The number of carbonyl (C=O) groups is 1. The molecule has 0 aromatic carbocycles. The van der Waals surface area contributed by atoms with Crippen LogP contribution in [-0.2, 0) is 4.79 Å². The molecule has 0 aliphatic rings. The Labute approximate surface area is 77.6 Å². The number of hydrogen-bond acceptors (Lipinski definition) is 4. The minimum Gasteiger partial charge on any atom is -0.385 e. The van der Waals surface area contributed by atoms with Crippen LogP contribution in [0, 0.1) is 0 Å². The summed E-state index contributed by atoms with van der Waals surface area (Å²) in [7, 11) is 3.66. The van der Waals surface area contributed by atoms with Crippen molar-refractivity contribution >= 4 is 17.8 Å². The molecule has 0 aliphatic carbocycles. The summed E-state index contributed by atoms with van der Waals surface area (Å²) in [6, 6.07) is 3.77. The molecule has 0 saturated carbocycles. The lowest BCUT2D eigenvalue weighted by Crippen LogP contribution is -2.21. The van der Waals surface area contributed by atoms with E-state index in [1.165, 1.54) is 0 Å². The molecule has 1 aromatic rings. The van der Waals surface area contributed by atoms with Gasteiger partial charge in [0.2, 0.25) is 0 Å². The van der Waals surface area contributed by atoms with Gasteiger partial charge in [-0.1, -0.05) is 0 Å². The van der Waals surface area contributed by atoms with Crippen molar-refractivity contribution in [3.8, 4) is 0 Å². The van der Waals surface area contributed by atoms with E-state index in [-0.39, 0.29) is 0 Å². The molecule has 0 aliphatic heterocycles. The average molecular weight is 179 g/mol. The highest BCUT2D eigenvalue weighted by atomic mass is 16.1. The zero-order valence-electron chi connectivity index (χ0n) is 7.82. The van der Waals surface area contributed by atoms with E-state index in [9.17, 15) is 4.79 Å². The molecule has 0 unspecified atom stereocenters. The summed E-state index contributed by atoms with van der Waals surface area (Å²) in [6.45, 7) is 0.353. The minimum atomic E-state index is 0.353. The van der Waals surface area contributed by atoms with Crippen LogP contribution < -0.4 is 10.2 Å². The average Bonchev–Trinajstić information content (AvgIpc) is 2.18. The zero-order valence-corrected chi connectivity index (χ0v) is 7.82. The van der Waals surface area contributed by atoms with Gasteiger partial charge in [0.25, 0.3) is 0 Å². The van der Waals surface area contributed by atoms with E-state index in [2.05, 4.69) is 10.3 Å². The highest BCUT2D eigenvalue weighted by Gasteiger charge is 2.05. The fourth-order valence-corrected chi connectivity index (χ4v) is 1.09. The van der Waals surface area contributed by atoms with E-state index in [4.69, 9.17) is 0 Å². The molecule has 13 heavy (non-hydrogen) atoms. The molecule has 1 heterocycles. The lowest BCUT2D eigenvalue weighted by atomic mass is 10.3. The van der Waals surface area contributed by atoms with Crippen LogP contribution in [0.1, 0.15) is 0 Å². The summed E-state index contributed by atoms with van der Waals surface area (Å²) in [4.78, 5) is 16.3. The van der Waals surface area contributed by atoms with Crippen LogP contribution in [0.25, 0.3) is 0 Å². The number of nitrogens with zero attached hydrogens (tertiary/aromatic N) is 2. The second-order valence-corrected chi connectivity index (χ2v) is 2.67. The molecule has 0 fully saturated rings. The van der Waals surface area contributed by atoms with Crippen LogP contribution in [0.15, 0.2) is 18.3 Å². The van der Waals surface area contributed by atoms with Crippen molar-refractivity contribution in [3.05, 3.63) is 18.3 Å². The van der Waals surface area contributed by atoms with Gasteiger partial charge >= 0.3 is 0 Å². The smallest absolute Gasteiger partial charge is 0.152 e. The van der Waals surface area contributed by atoms with Crippen molar-refractivity contribution in [1.82, 2.24) is 4.98 Å².